The maximum atomic E-state index is 10.9. The van der Waals surface area contributed by atoms with Crippen molar-refractivity contribution in [3.8, 4) is 11.3 Å². The third-order valence-electron chi connectivity index (χ3n) is 3.35. The minimum absolute atomic E-state index is 0.0325. The van der Waals surface area contributed by atoms with Crippen LogP contribution < -0.4 is 5.32 Å². The highest BCUT2D eigenvalue weighted by molar-refractivity contribution is 7.12. The van der Waals surface area contributed by atoms with E-state index in [0.717, 1.165) is 34.2 Å². The van der Waals surface area contributed by atoms with Crippen LogP contribution in [-0.4, -0.2) is 29.6 Å². The lowest BCUT2D eigenvalue weighted by Gasteiger charge is -2.21. The van der Waals surface area contributed by atoms with Gasteiger partial charge in [-0.05, 0) is 6.92 Å². The topological polar surface area (TPSA) is 77.3 Å². The van der Waals surface area contributed by atoms with Gasteiger partial charge in [0, 0.05) is 35.7 Å². The molecule has 0 bridgehead atoms. The molecule has 1 atom stereocenters. The van der Waals surface area contributed by atoms with E-state index in [4.69, 9.17) is 4.74 Å². The Kier molecular flexibility index (Phi) is 3.96. The molecule has 0 spiro atoms. The van der Waals surface area contributed by atoms with Crippen molar-refractivity contribution >= 4 is 17.0 Å². The van der Waals surface area contributed by atoms with E-state index in [1.54, 1.807) is 23.5 Å². The molecule has 6 nitrogen and oxygen atoms in total. The van der Waals surface area contributed by atoms with Crippen LogP contribution in [0.1, 0.15) is 16.0 Å². The molecule has 1 aromatic heterocycles. The number of nitrogens with zero attached hydrogens (tertiary/aromatic N) is 2. The Morgan fingerprint density at radius 2 is 2.38 bits per heavy atom. The number of nitrogens with one attached hydrogen (secondary N) is 1. The third kappa shape index (κ3) is 2.94. The zero-order valence-corrected chi connectivity index (χ0v) is 12.4. The van der Waals surface area contributed by atoms with Crippen LogP contribution in [0.3, 0.4) is 0 Å². The average Bonchev–Trinajstić information content (AvgIpc) is 2.90. The Bertz CT molecular complexity index is 665. The lowest BCUT2D eigenvalue weighted by Crippen LogP contribution is -2.33. The number of nitro groups is 1. The standard InChI is InChI=1S/C14H15N3O3S/c1-9-13(10-3-2-4-11(7-10)17(18)19)16-14(21-9)12-8-15-5-6-20-12/h2-4,7,12,15H,5-6,8H2,1H3. The molecule has 0 radical (unpaired) electrons. The second-order valence-corrected chi connectivity index (χ2v) is 6.06. The van der Waals surface area contributed by atoms with E-state index in [9.17, 15) is 10.1 Å². The molecule has 1 saturated heterocycles. The Morgan fingerprint density at radius 1 is 1.52 bits per heavy atom. The summed E-state index contributed by atoms with van der Waals surface area (Å²) >= 11 is 1.58. The van der Waals surface area contributed by atoms with Crippen LogP contribution in [0.4, 0.5) is 5.69 Å². The van der Waals surface area contributed by atoms with E-state index in [-0.39, 0.29) is 16.7 Å². The quantitative estimate of drug-likeness (QED) is 0.697. The number of morpholine rings is 1. The predicted octanol–water partition coefficient (Wildman–Crippen LogP) is 2.69. The van der Waals surface area contributed by atoms with Crippen LogP contribution >= 0.6 is 11.3 Å². The summed E-state index contributed by atoms with van der Waals surface area (Å²) in [5.74, 6) is 0. The first-order valence-electron chi connectivity index (χ1n) is 6.69. The number of thiazole rings is 1. The number of nitro benzene ring substituents is 1. The number of ether oxygens (including phenoxy) is 1. The molecular weight excluding hydrogens is 290 g/mol. The minimum atomic E-state index is -0.389. The van der Waals surface area contributed by atoms with Gasteiger partial charge < -0.3 is 10.1 Å². The van der Waals surface area contributed by atoms with Crippen molar-refractivity contribution in [3.05, 3.63) is 44.3 Å². The van der Waals surface area contributed by atoms with Gasteiger partial charge in [0.25, 0.3) is 5.69 Å². The maximum Gasteiger partial charge on any atom is 0.270 e. The molecule has 110 valence electrons. The monoisotopic (exact) mass is 305 g/mol. The summed E-state index contributed by atoms with van der Waals surface area (Å²) in [6.07, 6.45) is -0.0325. The second-order valence-electron chi connectivity index (χ2n) is 4.83. The van der Waals surface area contributed by atoms with Gasteiger partial charge in [-0.2, -0.15) is 0 Å². The Morgan fingerprint density at radius 3 is 3.10 bits per heavy atom. The molecule has 7 heteroatoms. The average molecular weight is 305 g/mol. The summed E-state index contributed by atoms with van der Waals surface area (Å²) in [5, 5.41) is 15.1. The summed E-state index contributed by atoms with van der Waals surface area (Å²) in [7, 11) is 0. The number of benzene rings is 1. The smallest absolute Gasteiger partial charge is 0.270 e. The highest BCUT2D eigenvalue weighted by atomic mass is 32.1. The molecule has 1 N–H and O–H groups in total. The molecule has 1 aliphatic heterocycles. The van der Waals surface area contributed by atoms with Crippen LogP contribution in [0, 0.1) is 17.0 Å². The van der Waals surface area contributed by atoms with Crippen molar-refractivity contribution in [2.45, 2.75) is 13.0 Å². The molecule has 1 aromatic carbocycles. The van der Waals surface area contributed by atoms with Crippen molar-refractivity contribution < 1.29 is 9.66 Å². The number of aromatic nitrogens is 1. The minimum Gasteiger partial charge on any atom is -0.368 e. The number of hydrogen-bond donors (Lipinski definition) is 1. The Hall–Kier alpha value is -1.83. The fourth-order valence-electron chi connectivity index (χ4n) is 2.31. The van der Waals surface area contributed by atoms with Gasteiger partial charge in [0.05, 0.1) is 17.2 Å². The summed E-state index contributed by atoms with van der Waals surface area (Å²) in [6, 6.07) is 6.58. The zero-order chi connectivity index (χ0) is 14.8. The number of non-ortho nitro benzene ring substituents is 1. The molecular formula is C14H15N3O3S. The third-order valence-corrected chi connectivity index (χ3v) is 4.41. The number of hydrogen-bond acceptors (Lipinski definition) is 6. The van der Waals surface area contributed by atoms with Crippen LogP contribution in [0.25, 0.3) is 11.3 Å². The summed E-state index contributed by atoms with van der Waals surface area (Å²) < 4.78 is 5.71. The van der Waals surface area contributed by atoms with Gasteiger partial charge in [0.1, 0.15) is 11.1 Å². The van der Waals surface area contributed by atoms with Gasteiger partial charge in [-0.3, -0.25) is 10.1 Å². The van der Waals surface area contributed by atoms with E-state index in [1.165, 1.54) is 6.07 Å². The number of rotatable bonds is 3. The van der Waals surface area contributed by atoms with Crippen molar-refractivity contribution in [1.29, 1.82) is 0 Å². The van der Waals surface area contributed by atoms with Crippen LogP contribution in [0.15, 0.2) is 24.3 Å². The summed E-state index contributed by atoms with van der Waals surface area (Å²) in [5.41, 5.74) is 1.65. The summed E-state index contributed by atoms with van der Waals surface area (Å²) in [4.78, 5) is 16.2. The highest BCUT2D eigenvalue weighted by Gasteiger charge is 2.21. The molecule has 2 aromatic rings. The number of aryl methyl sites for hydroxylation is 1. The van der Waals surface area contributed by atoms with Gasteiger partial charge in [-0.1, -0.05) is 12.1 Å². The Balaban J connectivity index is 1.93. The fourth-order valence-corrected chi connectivity index (χ4v) is 3.31. The van der Waals surface area contributed by atoms with E-state index in [2.05, 4.69) is 10.3 Å². The zero-order valence-electron chi connectivity index (χ0n) is 11.5. The van der Waals surface area contributed by atoms with Crippen LogP contribution in [-0.2, 0) is 4.74 Å². The van der Waals surface area contributed by atoms with Gasteiger partial charge in [-0.15, -0.1) is 11.3 Å². The van der Waals surface area contributed by atoms with Gasteiger partial charge in [0.15, 0.2) is 0 Å². The Labute approximate surface area is 125 Å². The first-order valence-corrected chi connectivity index (χ1v) is 7.51. The molecule has 2 heterocycles. The molecule has 21 heavy (non-hydrogen) atoms. The molecule has 3 rings (SSSR count). The largest absolute Gasteiger partial charge is 0.368 e. The lowest BCUT2D eigenvalue weighted by molar-refractivity contribution is -0.384. The molecule has 0 amide bonds. The molecule has 0 saturated carbocycles. The highest BCUT2D eigenvalue weighted by Crippen LogP contribution is 2.33. The van der Waals surface area contributed by atoms with E-state index >= 15 is 0 Å². The van der Waals surface area contributed by atoms with Gasteiger partial charge in [-0.25, -0.2) is 4.98 Å². The van der Waals surface area contributed by atoms with Gasteiger partial charge in [0.2, 0.25) is 0 Å². The van der Waals surface area contributed by atoms with Crippen molar-refractivity contribution in [2.24, 2.45) is 0 Å². The SMILES string of the molecule is Cc1sc(C2CNCCO2)nc1-c1cccc([N+](=O)[O-])c1. The van der Waals surface area contributed by atoms with E-state index < -0.39 is 0 Å². The molecule has 1 aliphatic rings. The normalized spacial score (nSPS) is 18.6. The lowest BCUT2D eigenvalue weighted by atomic mass is 10.1. The molecule has 1 unspecified atom stereocenters. The fraction of sp³-hybridized carbons (Fsp3) is 0.357. The van der Waals surface area contributed by atoms with E-state index in [0.29, 0.717) is 6.61 Å². The van der Waals surface area contributed by atoms with Crippen LogP contribution in [0.2, 0.25) is 0 Å². The molecule has 0 aliphatic carbocycles. The first kappa shape index (κ1) is 14.1. The first-order chi connectivity index (χ1) is 10.1. The second kappa shape index (κ2) is 5.88. The maximum absolute atomic E-state index is 10.9. The van der Waals surface area contributed by atoms with Crippen molar-refractivity contribution in [2.75, 3.05) is 19.7 Å². The van der Waals surface area contributed by atoms with Crippen LogP contribution in [0.5, 0.6) is 0 Å². The van der Waals surface area contributed by atoms with Crippen molar-refractivity contribution in [1.82, 2.24) is 10.3 Å². The van der Waals surface area contributed by atoms with Gasteiger partial charge >= 0.3 is 0 Å². The molecule has 1 fully saturated rings. The summed E-state index contributed by atoms with van der Waals surface area (Å²) in [6.45, 7) is 4.26. The van der Waals surface area contributed by atoms with Crippen molar-refractivity contribution in [3.63, 3.8) is 0 Å². The predicted molar refractivity (Wildman–Crippen MR) is 80.5 cm³/mol. The van der Waals surface area contributed by atoms with E-state index in [1.807, 2.05) is 13.0 Å².